The molecule has 1 heterocycles. The molecule has 1 aromatic carbocycles. The second kappa shape index (κ2) is 7.91. The highest BCUT2D eigenvalue weighted by Crippen LogP contribution is 2.24. The Kier molecular flexibility index (Phi) is 7.77. The zero-order valence-corrected chi connectivity index (χ0v) is 10.9. The Morgan fingerprint density at radius 2 is 1.88 bits per heavy atom. The van der Waals surface area contributed by atoms with Crippen molar-refractivity contribution in [1.82, 2.24) is 0 Å². The lowest BCUT2D eigenvalue weighted by Crippen LogP contribution is -3.00. The first-order valence-electron chi connectivity index (χ1n) is 5.59. The Bertz CT molecular complexity index is 280. The Hall–Kier alpha value is -0.280. The molecule has 0 bridgehead atoms. The highest BCUT2D eigenvalue weighted by Gasteiger charge is 2.29. The van der Waals surface area contributed by atoms with E-state index in [2.05, 4.69) is 41.4 Å². The van der Waals surface area contributed by atoms with Gasteiger partial charge in [-0.15, -0.1) is 0 Å². The number of halogens is 2. The molecule has 2 rings (SSSR count). The highest BCUT2D eigenvalue weighted by atomic mass is 35.5. The van der Waals surface area contributed by atoms with Gasteiger partial charge in [-0.25, -0.2) is 0 Å². The summed E-state index contributed by atoms with van der Waals surface area (Å²) in [4.78, 5) is 0. The molecule has 1 aromatic rings. The molecule has 0 amide bonds. The van der Waals surface area contributed by atoms with E-state index in [4.69, 9.17) is 0 Å². The fraction of sp³-hybridized carbons (Fsp3) is 0.500. The predicted molar refractivity (Wildman–Crippen MR) is 56.8 cm³/mol. The van der Waals surface area contributed by atoms with Gasteiger partial charge in [-0.1, -0.05) is 30.3 Å². The lowest BCUT2D eigenvalue weighted by atomic mass is 9.85. The molecule has 4 heteroatoms. The van der Waals surface area contributed by atoms with E-state index in [1.165, 1.54) is 24.9 Å². The number of benzene rings is 1. The molecule has 1 aliphatic heterocycles. The van der Waals surface area contributed by atoms with Gasteiger partial charge < -0.3 is 35.9 Å². The van der Waals surface area contributed by atoms with Crippen LogP contribution in [0.3, 0.4) is 0 Å². The minimum atomic E-state index is 0. The minimum Gasteiger partial charge on any atom is -1.00 e. The first-order valence-corrected chi connectivity index (χ1v) is 5.59. The van der Waals surface area contributed by atoms with Gasteiger partial charge in [0.1, 0.15) is 12.6 Å². The van der Waals surface area contributed by atoms with Crippen LogP contribution in [0.25, 0.3) is 0 Å². The van der Waals surface area contributed by atoms with E-state index >= 15 is 0 Å². The lowest BCUT2D eigenvalue weighted by Gasteiger charge is -2.27. The van der Waals surface area contributed by atoms with Crippen LogP contribution >= 0.6 is 0 Å². The fourth-order valence-electron chi connectivity index (χ4n) is 2.48. The summed E-state index contributed by atoms with van der Waals surface area (Å²) in [7, 11) is 0. The fourth-order valence-corrected chi connectivity index (χ4v) is 2.48. The molecule has 1 saturated heterocycles. The van der Waals surface area contributed by atoms with Crippen LogP contribution in [0.2, 0.25) is 0 Å². The predicted octanol–water partition coefficient (Wildman–Crippen LogP) is -6.25. The number of hydrogen-bond acceptors (Lipinski definition) is 0. The molecule has 92 valence electrons. The smallest absolute Gasteiger partial charge is 0.142 e. The molecule has 16 heavy (non-hydrogen) atoms. The average molecular weight is 263 g/mol. The van der Waals surface area contributed by atoms with Gasteiger partial charge in [0, 0.05) is 5.92 Å². The maximum absolute atomic E-state index is 4.05. The van der Waals surface area contributed by atoms with Gasteiger partial charge in [0.2, 0.25) is 0 Å². The normalized spacial score (nSPS) is 24.1. The van der Waals surface area contributed by atoms with E-state index < -0.39 is 0 Å². The maximum Gasteiger partial charge on any atom is 0.142 e. The zero-order valence-electron chi connectivity index (χ0n) is 9.41. The summed E-state index contributed by atoms with van der Waals surface area (Å²) in [6.07, 6.45) is 2.68. The van der Waals surface area contributed by atoms with Crippen molar-refractivity contribution in [3.63, 3.8) is 0 Å². The number of rotatable bonds is 2. The monoisotopic (exact) mass is 262 g/mol. The van der Waals surface area contributed by atoms with Crippen LogP contribution in [0.4, 0.5) is 0 Å². The van der Waals surface area contributed by atoms with E-state index in [9.17, 15) is 0 Å². The molecule has 0 radical (unpaired) electrons. The van der Waals surface area contributed by atoms with Crippen molar-refractivity contribution < 1.29 is 35.9 Å². The second-order valence-corrected chi connectivity index (χ2v) is 4.14. The topological polar surface area (TPSA) is 44.2 Å². The van der Waals surface area contributed by atoms with Gasteiger partial charge >= 0.3 is 0 Å². The Labute approximate surface area is 110 Å². The van der Waals surface area contributed by atoms with E-state index in [-0.39, 0.29) is 24.8 Å². The van der Waals surface area contributed by atoms with Crippen LogP contribution in [0.5, 0.6) is 0 Å². The molecular formula is C12H20Cl2N2. The third-order valence-corrected chi connectivity index (χ3v) is 3.27. The first kappa shape index (κ1) is 15.7. The van der Waals surface area contributed by atoms with Crippen LogP contribution < -0.4 is 35.9 Å². The Morgan fingerprint density at radius 3 is 2.50 bits per heavy atom. The average Bonchev–Trinajstić information content (AvgIpc) is 2.30. The zero-order chi connectivity index (χ0) is 9.80. The molecule has 2 unspecified atom stereocenters. The first-order chi connectivity index (χ1) is 6.92. The standard InChI is InChI=1S/C12H18N2.2ClH/c13-9-12-11(7-4-8-14-12)10-5-2-1-3-6-10;;/h1-3,5-6,11-12,14H,4,7-9,13H2;2*1H. The molecule has 0 aromatic heterocycles. The van der Waals surface area contributed by atoms with Gasteiger partial charge in [-0.3, -0.25) is 0 Å². The SMILES string of the molecule is [Cl-].[Cl-].[NH3+]CC1[NH2+]CCCC1c1ccccc1. The molecule has 2 nitrogen and oxygen atoms in total. The van der Waals surface area contributed by atoms with Crippen LogP contribution in [0.1, 0.15) is 24.3 Å². The maximum atomic E-state index is 4.05. The van der Waals surface area contributed by atoms with Crippen molar-refractivity contribution in [1.29, 1.82) is 0 Å². The summed E-state index contributed by atoms with van der Waals surface area (Å²) in [5.41, 5.74) is 5.55. The molecule has 0 saturated carbocycles. The summed E-state index contributed by atoms with van der Waals surface area (Å²) in [5.74, 6) is 0.724. The molecular weight excluding hydrogens is 243 g/mol. The van der Waals surface area contributed by atoms with Crippen molar-refractivity contribution in [2.75, 3.05) is 13.1 Å². The van der Waals surface area contributed by atoms with Crippen LogP contribution in [0.15, 0.2) is 30.3 Å². The summed E-state index contributed by atoms with van der Waals surface area (Å²) < 4.78 is 0. The van der Waals surface area contributed by atoms with Gasteiger partial charge in [0.05, 0.1) is 6.54 Å². The third-order valence-electron chi connectivity index (χ3n) is 3.27. The van der Waals surface area contributed by atoms with Crippen LogP contribution in [0, 0.1) is 0 Å². The molecule has 1 aliphatic rings. The minimum absolute atomic E-state index is 0. The molecule has 0 aliphatic carbocycles. The largest absolute Gasteiger partial charge is 1.00 e. The molecule has 5 N–H and O–H groups in total. The van der Waals surface area contributed by atoms with Gasteiger partial charge in [0.25, 0.3) is 0 Å². The van der Waals surface area contributed by atoms with Gasteiger partial charge in [-0.2, -0.15) is 0 Å². The van der Waals surface area contributed by atoms with Crippen molar-refractivity contribution in [3.05, 3.63) is 35.9 Å². The number of nitrogens with two attached hydrogens (primary N) is 1. The van der Waals surface area contributed by atoms with Gasteiger partial charge in [0.15, 0.2) is 0 Å². The van der Waals surface area contributed by atoms with E-state index in [1.807, 2.05) is 0 Å². The van der Waals surface area contributed by atoms with E-state index in [0.717, 1.165) is 12.5 Å². The Morgan fingerprint density at radius 1 is 1.19 bits per heavy atom. The summed E-state index contributed by atoms with van der Waals surface area (Å²) in [5, 5.41) is 2.47. The highest BCUT2D eigenvalue weighted by molar-refractivity contribution is 5.20. The van der Waals surface area contributed by atoms with Crippen molar-refractivity contribution in [2.24, 2.45) is 0 Å². The molecule has 2 atom stereocenters. The second-order valence-electron chi connectivity index (χ2n) is 4.14. The summed E-state index contributed by atoms with van der Waals surface area (Å²) >= 11 is 0. The number of piperidine rings is 1. The quantitative estimate of drug-likeness (QED) is 0.533. The molecule has 0 spiro atoms. The van der Waals surface area contributed by atoms with E-state index in [1.54, 1.807) is 0 Å². The van der Waals surface area contributed by atoms with Crippen molar-refractivity contribution in [2.45, 2.75) is 24.8 Å². The van der Waals surface area contributed by atoms with E-state index in [0.29, 0.717) is 6.04 Å². The van der Waals surface area contributed by atoms with Crippen LogP contribution in [-0.4, -0.2) is 19.1 Å². The molecule has 1 fully saturated rings. The van der Waals surface area contributed by atoms with Crippen molar-refractivity contribution in [3.8, 4) is 0 Å². The lowest BCUT2D eigenvalue weighted by molar-refractivity contribution is -0.715. The third kappa shape index (κ3) is 3.63. The Balaban J connectivity index is 0.00000112. The van der Waals surface area contributed by atoms with Gasteiger partial charge in [-0.05, 0) is 18.4 Å². The van der Waals surface area contributed by atoms with Crippen molar-refractivity contribution >= 4 is 0 Å². The number of hydrogen-bond donors (Lipinski definition) is 2. The summed E-state index contributed by atoms with van der Waals surface area (Å²) in [6, 6.07) is 11.6. The number of quaternary nitrogens is 2. The van der Waals surface area contributed by atoms with Crippen LogP contribution in [-0.2, 0) is 0 Å². The summed E-state index contributed by atoms with van der Waals surface area (Å²) in [6.45, 7) is 2.32.